The summed E-state index contributed by atoms with van der Waals surface area (Å²) in [6.07, 6.45) is 1.21. The average molecular weight is 479 g/mol. The molecule has 0 spiro atoms. The van der Waals surface area contributed by atoms with Crippen molar-refractivity contribution in [2.45, 2.75) is 39.3 Å². The van der Waals surface area contributed by atoms with E-state index in [9.17, 15) is 9.59 Å². The smallest absolute Gasteiger partial charge is 0.261 e. The predicted molar refractivity (Wildman–Crippen MR) is 132 cm³/mol. The molecule has 8 heteroatoms. The maximum Gasteiger partial charge on any atom is 0.261 e. The van der Waals surface area contributed by atoms with Gasteiger partial charge in [-0.05, 0) is 61.2 Å². The first kappa shape index (κ1) is 21.7. The first-order chi connectivity index (χ1) is 15.9. The van der Waals surface area contributed by atoms with E-state index in [1.165, 1.54) is 11.3 Å². The Labute approximate surface area is 200 Å². The molecule has 6 nitrogen and oxygen atoms in total. The van der Waals surface area contributed by atoms with Crippen molar-refractivity contribution in [3.63, 3.8) is 0 Å². The number of nitrogens with zero attached hydrogens (tertiary/aromatic N) is 2. The summed E-state index contributed by atoms with van der Waals surface area (Å²) < 4.78 is 1.94. The molecule has 2 aromatic carbocycles. The van der Waals surface area contributed by atoms with Crippen LogP contribution in [0.2, 0.25) is 5.02 Å². The van der Waals surface area contributed by atoms with Crippen molar-refractivity contribution in [1.29, 1.82) is 0 Å². The van der Waals surface area contributed by atoms with Crippen LogP contribution in [0, 0.1) is 6.92 Å². The minimum absolute atomic E-state index is 0.0475. The fourth-order valence-corrected chi connectivity index (χ4v) is 5.31. The molecule has 0 saturated heterocycles. The number of aryl methyl sites for hydroxylation is 2. The number of thiophene rings is 1. The number of benzene rings is 2. The Balaban J connectivity index is 1.34. The Morgan fingerprint density at radius 2 is 2.00 bits per heavy atom. The molecular weight excluding hydrogens is 456 g/mol. The number of hydrogen-bond donors (Lipinski definition) is 2. The molecule has 5 rings (SSSR count). The summed E-state index contributed by atoms with van der Waals surface area (Å²) in [6, 6.07) is 15.4. The molecule has 1 atom stereocenters. The van der Waals surface area contributed by atoms with Crippen LogP contribution in [0.25, 0.3) is 10.2 Å². The van der Waals surface area contributed by atoms with Crippen LogP contribution in [0.15, 0.2) is 48.5 Å². The highest BCUT2D eigenvalue weighted by atomic mass is 35.5. The number of carbonyl (C=O) groups is 2. The fourth-order valence-electron chi connectivity index (χ4n) is 4.12. The molecule has 33 heavy (non-hydrogen) atoms. The first-order valence-corrected chi connectivity index (χ1v) is 12.0. The van der Waals surface area contributed by atoms with E-state index < -0.39 is 0 Å². The first-order valence-electron chi connectivity index (χ1n) is 10.8. The van der Waals surface area contributed by atoms with Gasteiger partial charge in [-0.25, -0.2) is 0 Å². The van der Waals surface area contributed by atoms with E-state index in [1.807, 2.05) is 61.0 Å². The highest BCUT2D eigenvalue weighted by molar-refractivity contribution is 7.20. The molecule has 1 aliphatic rings. The van der Waals surface area contributed by atoms with Gasteiger partial charge in [-0.2, -0.15) is 5.10 Å². The molecule has 2 N–H and O–H groups in total. The molecule has 4 aromatic rings. The quantitative estimate of drug-likeness (QED) is 0.398. The van der Waals surface area contributed by atoms with Gasteiger partial charge in [0.1, 0.15) is 4.83 Å². The van der Waals surface area contributed by atoms with E-state index in [0.717, 1.165) is 44.7 Å². The second kappa shape index (κ2) is 8.65. The van der Waals surface area contributed by atoms with Crippen LogP contribution in [0.3, 0.4) is 0 Å². The normalized spacial score (nSPS) is 14.1. The fraction of sp³-hybridized carbons (Fsp3) is 0.240. The van der Waals surface area contributed by atoms with Crippen LogP contribution >= 0.6 is 22.9 Å². The van der Waals surface area contributed by atoms with Crippen molar-refractivity contribution in [2.24, 2.45) is 0 Å². The van der Waals surface area contributed by atoms with Crippen LogP contribution < -0.4 is 10.6 Å². The van der Waals surface area contributed by atoms with Crippen LogP contribution in [-0.2, 0) is 17.8 Å². The summed E-state index contributed by atoms with van der Waals surface area (Å²) in [5.41, 5.74) is 4.98. The van der Waals surface area contributed by atoms with Crippen LogP contribution in [0.4, 0.5) is 5.69 Å². The molecule has 0 saturated carbocycles. The van der Waals surface area contributed by atoms with Gasteiger partial charge in [-0.15, -0.1) is 11.3 Å². The van der Waals surface area contributed by atoms with Crippen LogP contribution in [-0.4, -0.2) is 21.6 Å². The number of anilines is 1. The summed E-state index contributed by atoms with van der Waals surface area (Å²) in [6.45, 7) is 4.55. The Morgan fingerprint density at radius 3 is 2.79 bits per heavy atom. The summed E-state index contributed by atoms with van der Waals surface area (Å²) >= 11 is 7.45. The summed E-state index contributed by atoms with van der Waals surface area (Å²) in [4.78, 5) is 26.3. The molecule has 1 unspecified atom stereocenters. The number of rotatable bonds is 5. The highest BCUT2D eigenvalue weighted by Gasteiger charge is 2.20. The van der Waals surface area contributed by atoms with Gasteiger partial charge in [0.05, 0.1) is 23.2 Å². The Kier molecular flexibility index (Phi) is 5.68. The molecule has 0 fully saturated rings. The number of carbonyl (C=O) groups excluding carboxylic acids is 2. The van der Waals surface area contributed by atoms with Gasteiger partial charge in [0.25, 0.3) is 5.91 Å². The van der Waals surface area contributed by atoms with Crippen molar-refractivity contribution < 1.29 is 9.59 Å². The summed E-state index contributed by atoms with van der Waals surface area (Å²) in [7, 11) is 0. The topological polar surface area (TPSA) is 76.0 Å². The van der Waals surface area contributed by atoms with Gasteiger partial charge in [0, 0.05) is 22.5 Å². The number of hydrogen-bond acceptors (Lipinski definition) is 4. The lowest BCUT2D eigenvalue weighted by Crippen LogP contribution is -2.26. The lowest BCUT2D eigenvalue weighted by molar-refractivity contribution is -0.116. The minimum atomic E-state index is -0.155. The Hall–Kier alpha value is -3.16. The van der Waals surface area contributed by atoms with Crippen molar-refractivity contribution >= 4 is 50.7 Å². The third-order valence-electron chi connectivity index (χ3n) is 5.95. The number of nitrogens with one attached hydrogen (secondary N) is 2. The minimum Gasteiger partial charge on any atom is -0.345 e. The average Bonchev–Trinajstić information content (AvgIpc) is 3.36. The lowest BCUT2D eigenvalue weighted by atomic mass is 9.98. The molecule has 168 valence electrons. The van der Waals surface area contributed by atoms with Crippen molar-refractivity contribution in [1.82, 2.24) is 15.1 Å². The zero-order valence-electron chi connectivity index (χ0n) is 18.3. The van der Waals surface area contributed by atoms with E-state index in [2.05, 4.69) is 21.8 Å². The van der Waals surface area contributed by atoms with Crippen LogP contribution in [0.5, 0.6) is 0 Å². The van der Waals surface area contributed by atoms with Gasteiger partial charge >= 0.3 is 0 Å². The van der Waals surface area contributed by atoms with Gasteiger partial charge in [0.15, 0.2) is 0 Å². The van der Waals surface area contributed by atoms with Gasteiger partial charge < -0.3 is 10.6 Å². The lowest BCUT2D eigenvalue weighted by Gasteiger charge is -2.20. The molecule has 0 aliphatic carbocycles. The van der Waals surface area contributed by atoms with Gasteiger partial charge in [-0.3, -0.25) is 14.3 Å². The Bertz CT molecular complexity index is 1370. The van der Waals surface area contributed by atoms with E-state index in [1.54, 1.807) is 0 Å². The molecule has 0 bridgehead atoms. The second-order valence-corrected chi connectivity index (χ2v) is 9.83. The molecule has 2 amide bonds. The second-order valence-electron chi connectivity index (χ2n) is 8.36. The third kappa shape index (κ3) is 4.38. The van der Waals surface area contributed by atoms with E-state index in [4.69, 9.17) is 11.6 Å². The standard InChI is InChI=1S/C25H23ClN4O2S/c1-14(17-5-9-21-18(11-17)6-10-23(31)28-21)27-24(32)22-12-20-15(2)29-30(25(20)33-22)13-16-3-7-19(26)8-4-16/h3-5,7-9,11-12,14H,6,10,13H2,1-2H3,(H,27,32)(H,28,31). The highest BCUT2D eigenvalue weighted by Crippen LogP contribution is 2.30. The molecule has 3 heterocycles. The largest absolute Gasteiger partial charge is 0.345 e. The van der Waals surface area contributed by atoms with Crippen molar-refractivity contribution in [3.05, 3.63) is 80.8 Å². The molecule has 1 aliphatic heterocycles. The number of amides is 2. The summed E-state index contributed by atoms with van der Waals surface area (Å²) in [5.74, 6) is -0.0570. The van der Waals surface area contributed by atoms with E-state index >= 15 is 0 Å². The number of halogens is 1. The number of fused-ring (bicyclic) bond motifs is 2. The van der Waals surface area contributed by atoms with Crippen molar-refractivity contribution in [2.75, 3.05) is 5.32 Å². The maximum atomic E-state index is 13.0. The SMILES string of the molecule is Cc1nn(Cc2ccc(Cl)cc2)c2sc(C(=O)NC(C)c3ccc4c(c3)CCC(=O)N4)cc12. The van der Waals surface area contributed by atoms with Crippen molar-refractivity contribution in [3.8, 4) is 0 Å². The Morgan fingerprint density at radius 1 is 1.21 bits per heavy atom. The molecule has 0 radical (unpaired) electrons. The molecule has 2 aromatic heterocycles. The molecular formula is C25H23ClN4O2S. The monoisotopic (exact) mass is 478 g/mol. The third-order valence-corrected chi connectivity index (χ3v) is 7.35. The summed E-state index contributed by atoms with van der Waals surface area (Å²) in [5, 5.41) is 12.4. The van der Waals surface area contributed by atoms with E-state index in [0.29, 0.717) is 22.9 Å². The zero-order valence-corrected chi connectivity index (χ0v) is 19.9. The predicted octanol–water partition coefficient (Wildman–Crippen LogP) is 5.48. The number of aromatic nitrogens is 2. The van der Waals surface area contributed by atoms with E-state index in [-0.39, 0.29) is 17.9 Å². The van der Waals surface area contributed by atoms with Crippen LogP contribution in [0.1, 0.15) is 51.4 Å². The zero-order chi connectivity index (χ0) is 23.1. The van der Waals surface area contributed by atoms with Gasteiger partial charge in [0.2, 0.25) is 5.91 Å². The van der Waals surface area contributed by atoms with Gasteiger partial charge in [-0.1, -0.05) is 35.9 Å². The maximum absolute atomic E-state index is 13.0.